The Balaban J connectivity index is 1.81. The van der Waals surface area contributed by atoms with Crippen LogP contribution in [-0.4, -0.2) is 0 Å². The zero-order valence-electron chi connectivity index (χ0n) is 12.8. The summed E-state index contributed by atoms with van der Waals surface area (Å²) in [4.78, 5) is 0. The normalized spacial score (nSPS) is 10.2. The Hall–Kier alpha value is -2.65. The fourth-order valence-corrected chi connectivity index (χ4v) is 2.62. The van der Waals surface area contributed by atoms with Gasteiger partial charge in [-0.3, -0.25) is 5.43 Å². The monoisotopic (exact) mass is 323 g/mol. The van der Waals surface area contributed by atoms with Gasteiger partial charge in [-0.2, -0.15) is 4.53 Å². The molecule has 0 heterocycles. The Labute approximate surface area is 141 Å². The van der Waals surface area contributed by atoms with Crippen LogP contribution in [0.4, 0.5) is 22.7 Å². The molecule has 0 spiro atoms. The van der Waals surface area contributed by atoms with Crippen molar-refractivity contribution in [2.75, 3.05) is 15.3 Å². The number of halogens is 1. The predicted octanol–water partition coefficient (Wildman–Crippen LogP) is 5.73. The van der Waals surface area contributed by atoms with Crippen molar-refractivity contribution >= 4 is 34.5 Å². The fourth-order valence-electron chi connectivity index (χ4n) is 2.33. The molecule has 0 aromatic heterocycles. The molecule has 3 rings (SSSR count). The molecule has 0 saturated heterocycles. The minimum Gasteiger partial charge on any atom is -0.355 e. The Kier molecular flexibility index (Phi) is 4.69. The van der Waals surface area contributed by atoms with E-state index in [0.29, 0.717) is 0 Å². The van der Waals surface area contributed by atoms with Crippen LogP contribution in [0.2, 0.25) is 0 Å². The van der Waals surface area contributed by atoms with Crippen molar-refractivity contribution in [1.82, 2.24) is 0 Å². The number of hydrogen-bond donors (Lipinski definition) is 2. The van der Waals surface area contributed by atoms with Gasteiger partial charge in [0.25, 0.3) is 0 Å². The summed E-state index contributed by atoms with van der Waals surface area (Å²) >= 11 is 6.42. The second kappa shape index (κ2) is 7.07. The Morgan fingerprint density at radius 1 is 0.739 bits per heavy atom. The van der Waals surface area contributed by atoms with Crippen LogP contribution in [0.5, 0.6) is 0 Å². The average molecular weight is 324 g/mol. The zero-order valence-corrected chi connectivity index (χ0v) is 13.6. The number of nitrogens with one attached hydrogen (secondary N) is 2. The standard InChI is InChI=1S/C19H18ClN3/c1-15-18(21-16-9-4-2-5-10-16)13-8-14-19(15)23(20)22-17-11-6-3-7-12-17/h2-14,21-22H,1H3. The molecule has 0 unspecified atom stereocenters. The Morgan fingerprint density at radius 2 is 1.35 bits per heavy atom. The maximum absolute atomic E-state index is 6.42. The van der Waals surface area contributed by atoms with Crippen molar-refractivity contribution in [2.24, 2.45) is 0 Å². The second-order valence-corrected chi connectivity index (χ2v) is 5.54. The molecule has 0 aliphatic heterocycles. The summed E-state index contributed by atoms with van der Waals surface area (Å²) in [5, 5.41) is 3.42. The van der Waals surface area contributed by atoms with Crippen LogP contribution in [0.1, 0.15) is 5.56 Å². The molecule has 0 aliphatic carbocycles. The van der Waals surface area contributed by atoms with Crippen molar-refractivity contribution in [3.05, 3.63) is 84.4 Å². The van der Waals surface area contributed by atoms with Crippen molar-refractivity contribution in [1.29, 1.82) is 0 Å². The van der Waals surface area contributed by atoms with Crippen LogP contribution in [0.25, 0.3) is 0 Å². The van der Waals surface area contributed by atoms with Crippen molar-refractivity contribution in [3.8, 4) is 0 Å². The average Bonchev–Trinajstić information content (AvgIpc) is 2.58. The fraction of sp³-hybridized carbons (Fsp3) is 0.0526. The first-order valence-electron chi connectivity index (χ1n) is 7.43. The van der Waals surface area contributed by atoms with Gasteiger partial charge in [0, 0.05) is 23.2 Å². The van der Waals surface area contributed by atoms with E-state index in [-0.39, 0.29) is 0 Å². The molecule has 3 aromatic carbocycles. The third kappa shape index (κ3) is 3.76. The van der Waals surface area contributed by atoms with Gasteiger partial charge in [0.05, 0.1) is 11.4 Å². The third-order valence-electron chi connectivity index (χ3n) is 3.57. The topological polar surface area (TPSA) is 27.3 Å². The Morgan fingerprint density at radius 3 is 2.00 bits per heavy atom. The van der Waals surface area contributed by atoms with E-state index in [0.717, 1.165) is 28.3 Å². The molecule has 3 nitrogen and oxygen atoms in total. The number of nitrogens with zero attached hydrogens (tertiary/aromatic N) is 1. The second-order valence-electron chi connectivity index (χ2n) is 5.20. The van der Waals surface area contributed by atoms with Crippen molar-refractivity contribution in [3.63, 3.8) is 0 Å². The predicted molar refractivity (Wildman–Crippen MR) is 99.3 cm³/mol. The van der Waals surface area contributed by atoms with Crippen LogP contribution < -0.4 is 15.3 Å². The zero-order chi connectivity index (χ0) is 16.1. The largest absolute Gasteiger partial charge is 0.355 e. The van der Waals surface area contributed by atoms with Gasteiger partial charge >= 0.3 is 0 Å². The van der Waals surface area contributed by atoms with Crippen LogP contribution in [0.3, 0.4) is 0 Å². The van der Waals surface area contributed by atoms with Crippen LogP contribution >= 0.6 is 11.8 Å². The highest BCUT2D eigenvalue weighted by Crippen LogP contribution is 2.30. The van der Waals surface area contributed by atoms with Gasteiger partial charge in [0.15, 0.2) is 0 Å². The molecular formula is C19H18ClN3. The van der Waals surface area contributed by atoms with Crippen LogP contribution in [0, 0.1) is 6.92 Å². The lowest BCUT2D eigenvalue weighted by atomic mass is 10.1. The Bertz CT molecular complexity index is 760. The number of rotatable bonds is 5. The SMILES string of the molecule is Cc1c(Nc2ccccc2)cccc1N(Cl)Nc1ccccc1. The van der Waals surface area contributed by atoms with Gasteiger partial charge in [0.2, 0.25) is 0 Å². The summed E-state index contributed by atoms with van der Waals surface area (Å²) in [5.41, 5.74) is 8.13. The highest BCUT2D eigenvalue weighted by atomic mass is 35.5. The van der Waals surface area contributed by atoms with E-state index < -0.39 is 0 Å². The number of para-hydroxylation sites is 2. The van der Waals surface area contributed by atoms with E-state index in [1.54, 1.807) is 0 Å². The van der Waals surface area contributed by atoms with E-state index in [1.165, 1.54) is 4.53 Å². The van der Waals surface area contributed by atoms with Crippen LogP contribution in [-0.2, 0) is 0 Å². The number of anilines is 4. The summed E-state index contributed by atoms with van der Waals surface area (Å²) < 4.78 is 1.51. The summed E-state index contributed by atoms with van der Waals surface area (Å²) in [5.74, 6) is 0. The van der Waals surface area contributed by atoms with Crippen LogP contribution in [0.15, 0.2) is 78.9 Å². The summed E-state index contributed by atoms with van der Waals surface area (Å²) in [6, 6.07) is 25.9. The lowest BCUT2D eigenvalue weighted by Crippen LogP contribution is -2.19. The molecule has 0 amide bonds. The number of benzene rings is 3. The van der Waals surface area contributed by atoms with Crippen molar-refractivity contribution < 1.29 is 0 Å². The van der Waals surface area contributed by atoms with E-state index in [9.17, 15) is 0 Å². The maximum Gasteiger partial charge on any atom is 0.0810 e. The molecule has 116 valence electrons. The smallest absolute Gasteiger partial charge is 0.0810 e. The molecule has 0 aliphatic rings. The maximum atomic E-state index is 6.42. The number of hydrazine groups is 1. The molecule has 0 bridgehead atoms. The van der Waals surface area contributed by atoms with Crippen molar-refractivity contribution in [2.45, 2.75) is 6.92 Å². The van der Waals surface area contributed by atoms with Gasteiger partial charge in [-0.25, -0.2) is 0 Å². The minimum absolute atomic E-state index is 0.899. The molecule has 23 heavy (non-hydrogen) atoms. The minimum atomic E-state index is 0.899. The van der Waals surface area contributed by atoms with Gasteiger partial charge in [-0.15, -0.1) is 0 Å². The lowest BCUT2D eigenvalue weighted by molar-refractivity contribution is 1.24. The first-order valence-corrected chi connectivity index (χ1v) is 7.77. The molecule has 3 aromatic rings. The van der Waals surface area contributed by atoms with Gasteiger partial charge in [-0.05, 0) is 48.9 Å². The van der Waals surface area contributed by atoms with Gasteiger partial charge in [-0.1, -0.05) is 42.5 Å². The lowest BCUT2D eigenvalue weighted by Gasteiger charge is -2.22. The molecule has 4 heteroatoms. The molecule has 0 radical (unpaired) electrons. The van der Waals surface area contributed by atoms with E-state index in [1.807, 2.05) is 85.8 Å². The first kappa shape index (κ1) is 15.3. The summed E-state index contributed by atoms with van der Waals surface area (Å²) in [7, 11) is 0. The molecular weight excluding hydrogens is 306 g/mol. The quantitative estimate of drug-likeness (QED) is 0.464. The van der Waals surface area contributed by atoms with Gasteiger partial charge < -0.3 is 5.32 Å². The summed E-state index contributed by atoms with van der Waals surface area (Å²) in [6.07, 6.45) is 0. The van der Waals surface area contributed by atoms with E-state index in [2.05, 4.69) is 10.7 Å². The highest BCUT2D eigenvalue weighted by molar-refractivity contribution is 6.26. The molecule has 2 N–H and O–H groups in total. The third-order valence-corrected chi connectivity index (χ3v) is 3.84. The molecule has 0 saturated carbocycles. The van der Waals surface area contributed by atoms with Gasteiger partial charge in [0.1, 0.15) is 0 Å². The molecule has 0 atom stereocenters. The van der Waals surface area contributed by atoms with E-state index >= 15 is 0 Å². The highest BCUT2D eigenvalue weighted by Gasteiger charge is 2.10. The van der Waals surface area contributed by atoms with E-state index in [4.69, 9.17) is 11.8 Å². The number of hydrogen-bond acceptors (Lipinski definition) is 3. The molecule has 0 fully saturated rings. The first-order chi connectivity index (χ1) is 11.2. The summed E-state index contributed by atoms with van der Waals surface area (Å²) in [6.45, 7) is 2.04.